The van der Waals surface area contributed by atoms with Crippen molar-refractivity contribution >= 4 is 29.0 Å². The number of rotatable bonds is 8. The van der Waals surface area contributed by atoms with E-state index in [1.54, 1.807) is 11.3 Å². The van der Waals surface area contributed by atoms with Gasteiger partial charge >= 0.3 is 6.03 Å². The van der Waals surface area contributed by atoms with Crippen molar-refractivity contribution < 1.29 is 9.59 Å². The Kier molecular flexibility index (Phi) is 7.66. The lowest BCUT2D eigenvalue weighted by Gasteiger charge is -2.25. The van der Waals surface area contributed by atoms with Crippen LogP contribution in [0.4, 0.5) is 10.5 Å². The van der Waals surface area contributed by atoms with Crippen molar-refractivity contribution in [2.75, 3.05) is 11.9 Å². The number of anilines is 1. The van der Waals surface area contributed by atoms with Gasteiger partial charge in [0.25, 0.3) is 0 Å². The molecule has 2 aromatic rings. The summed E-state index contributed by atoms with van der Waals surface area (Å²) in [6.07, 6.45) is 1.97. The lowest BCUT2D eigenvalue weighted by Crippen LogP contribution is -2.41. The fourth-order valence-corrected chi connectivity index (χ4v) is 3.80. The molecule has 0 aliphatic carbocycles. The molecule has 0 saturated carbocycles. The SMILES string of the molecule is CCC(CC)C(NC(=O)CNC(=O)Nc1cccc(C)c1)c1cccs1. The van der Waals surface area contributed by atoms with Gasteiger partial charge in [-0.2, -0.15) is 0 Å². The predicted octanol–water partition coefficient (Wildman–Crippen LogP) is 4.47. The van der Waals surface area contributed by atoms with E-state index < -0.39 is 0 Å². The van der Waals surface area contributed by atoms with Gasteiger partial charge in [0.15, 0.2) is 0 Å². The van der Waals surface area contributed by atoms with Gasteiger partial charge in [-0.25, -0.2) is 4.79 Å². The summed E-state index contributed by atoms with van der Waals surface area (Å²) in [4.78, 5) is 25.5. The first-order valence-electron chi connectivity index (χ1n) is 8.97. The van der Waals surface area contributed by atoms with Gasteiger partial charge < -0.3 is 16.0 Å². The van der Waals surface area contributed by atoms with Gasteiger partial charge in [0.05, 0.1) is 12.6 Å². The monoisotopic (exact) mass is 373 g/mol. The second-order valence-corrected chi connectivity index (χ2v) is 7.29. The molecule has 0 bridgehead atoms. The number of nitrogens with one attached hydrogen (secondary N) is 3. The maximum Gasteiger partial charge on any atom is 0.319 e. The quantitative estimate of drug-likeness (QED) is 0.639. The Morgan fingerprint density at radius 2 is 1.88 bits per heavy atom. The average Bonchev–Trinajstić information content (AvgIpc) is 3.14. The van der Waals surface area contributed by atoms with Crippen molar-refractivity contribution in [1.29, 1.82) is 0 Å². The Labute approximate surface area is 159 Å². The number of carbonyl (C=O) groups is 2. The first kappa shape index (κ1) is 20.0. The molecule has 140 valence electrons. The first-order valence-corrected chi connectivity index (χ1v) is 9.85. The highest BCUT2D eigenvalue weighted by molar-refractivity contribution is 7.10. The lowest BCUT2D eigenvalue weighted by atomic mass is 9.93. The number of amides is 3. The zero-order chi connectivity index (χ0) is 18.9. The number of urea groups is 1. The van der Waals surface area contributed by atoms with E-state index in [2.05, 4.69) is 29.8 Å². The highest BCUT2D eigenvalue weighted by atomic mass is 32.1. The number of hydrogen-bond donors (Lipinski definition) is 3. The maximum atomic E-state index is 12.3. The second-order valence-electron chi connectivity index (χ2n) is 6.31. The van der Waals surface area contributed by atoms with Crippen LogP contribution in [0.5, 0.6) is 0 Å². The second kappa shape index (κ2) is 9.97. The third kappa shape index (κ3) is 5.88. The van der Waals surface area contributed by atoms with Crippen LogP contribution in [0.25, 0.3) is 0 Å². The Morgan fingerprint density at radius 3 is 2.50 bits per heavy atom. The van der Waals surface area contributed by atoms with Crippen LogP contribution in [0.1, 0.15) is 43.2 Å². The molecule has 1 aromatic heterocycles. The predicted molar refractivity (Wildman–Crippen MR) is 107 cm³/mol. The molecule has 0 spiro atoms. The molecular weight excluding hydrogens is 346 g/mol. The Hall–Kier alpha value is -2.34. The number of thiophene rings is 1. The fourth-order valence-electron chi connectivity index (χ4n) is 2.93. The summed E-state index contributed by atoms with van der Waals surface area (Å²) in [6, 6.07) is 11.2. The molecule has 6 heteroatoms. The highest BCUT2D eigenvalue weighted by Crippen LogP contribution is 2.30. The van der Waals surface area contributed by atoms with Crippen LogP contribution in [0.15, 0.2) is 41.8 Å². The van der Waals surface area contributed by atoms with Gasteiger partial charge in [-0.3, -0.25) is 4.79 Å². The molecule has 3 amide bonds. The van der Waals surface area contributed by atoms with Gasteiger partial charge in [-0.05, 0) is 42.0 Å². The molecule has 0 radical (unpaired) electrons. The van der Waals surface area contributed by atoms with E-state index in [9.17, 15) is 9.59 Å². The minimum absolute atomic E-state index is 0.0147. The Balaban J connectivity index is 1.88. The van der Waals surface area contributed by atoms with Gasteiger partial charge in [0.2, 0.25) is 5.91 Å². The van der Waals surface area contributed by atoms with E-state index in [1.165, 1.54) is 0 Å². The summed E-state index contributed by atoms with van der Waals surface area (Å²) in [5.41, 5.74) is 1.76. The molecule has 2 rings (SSSR count). The lowest BCUT2D eigenvalue weighted by molar-refractivity contribution is -0.121. The fraction of sp³-hybridized carbons (Fsp3) is 0.400. The van der Waals surface area contributed by atoms with E-state index >= 15 is 0 Å². The van der Waals surface area contributed by atoms with E-state index in [4.69, 9.17) is 0 Å². The van der Waals surface area contributed by atoms with Crippen LogP contribution >= 0.6 is 11.3 Å². The minimum Gasteiger partial charge on any atom is -0.347 e. The molecule has 0 aliphatic rings. The zero-order valence-corrected chi connectivity index (χ0v) is 16.4. The molecule has 5 nitrogen and oxygen atoms in total. The summed E-state index contributed by atoms with van der Waals surface area (Å²) in [5.74, 6) is 0.188. The minimum atomic E-state index is -0.388. The van der Waals surface area contributed by atoms with E-state index in [1.807, 2.05) is 48.7 Å². The standard InChI is InChI=1S/C20H27N3O2S/c1-4-15(5-2)19(17-10-7-11-26-17)23-18(24)13-21-20(25)22-16-9-6-8-14(3)12-16/h6-12,15,19H,4-5,13H2,1-3H3,(H,23,24)(H2,21,22,25). The summed E-state index contributed by atoms with van der Waals surface area (Å²) >= 11 is 1.65. The topological polar surface area (TPSA) is 70.2 Å². The molecule has 1 heterocycles. The van der Waals surface area contributed by atoms with Crippen molar-refractivity contribution in [2.45, 2.75) is 39.7 Å². The highest BCUT2D eigenvalue weighted by Gasteiger charge is 2.23. The van der Waals surface area contributed by atoms with Crippen LogP contribution in [0.3, 0.4) is 0 Å². The first-order chi connectivity index (χ1) is 12.5. The van der Waals surface area contributed by atoms with Gasteiger partial charge in [-0.1, -0.05) is 44.9 Å². The number of aryl methyl sites for hydroxylation is 1. The van der Waals surface area contributed by atoms with Crippen molar-refractivity contribution in [2.24, 2.45) is 5.92 Å². The Bertz CT molecular complexity index is 712. The molecule has 0 fully saturated rings. The van der Waals surface area contributed by atoms with Crippen LogP contribution < -0.4 is 16.0 Å². The van der Waals surface area contributed by atoms with Crippen LogP contribution in [0.2, 0.25) is 0 Å². The summed E-state index contributed by atoms with van der Waals surface area (Å²) in [6.45, 7) is 6.17. The molecule has 0 aliphatic heterocycles. The third-order valence-corrected chi connectivity index (χ3v) is 5.33. The van der Waals surface area contributed by atoms with Crippen molar-refractivity contribution in [3.63, 3.8) is 0 Å². The van der Waals surface area contributed by atoms with E-state index in [-0.39, 0.29) is 24.5 Å². The summed E-state index contributed by atoms with van der Waals surface area (Å²) in [7, 11) is 0. The molecule has 1 unspecified atom stereocenters. The van der Waals surface area contributed by atoms with Crippen molar-refractivity contribution in [1.82, 2.24) is 10.6 Å². The van der Waals surface area contributed by atoms with Gasteiger partial charge in [0, 0.05) is 10.6 Å². The number of hydrogen-bond acceptors (Lipinski definition) is 3. The molecular formula is C20H27N3O2S. The largest absolute Gasteiger partial charge is 0.347 e. The average molecular weight is 374 g/mol. The maximum absolute atomic E-state index is 12.3. The number of benzene rings is 1. The smallest absolute Gasteiger partial charge is 0.319 e. The van der Waals surface area contributed by atoms with E-state index in [0.29, 0.717) is 11.6 Å². The molecule has 3 N–H and O–H groups in total. The summed E-state index contributed by atoms with van der Waals surface area (Å²) in [5, 5.41) is 10.5. The Morgan fingerprint density at radius 1 is 1.12 bits per heavy atom. The van der Waals surface area contributed by atoms with Gasteiger partial charge in [-0.15, -0.1) is 11.3 Å². The summed E-state index contributed by atoms with van der Waals surface area (Å²) < 4.78 is 0. The van der Waals surface area contributed by atoms with Crippen LogP contribution in [0, 0.1) is 12.8 Å². The molecule has 0 saturated heterocycles. The molecule has 26 heavy (non-hydrogen) atoms. The molecule has 1 aromatic carbocycles. The van der Waals surface area contributed by atoms with Crippen LogP contribution in [-0.4, -0.2) is 18.5 Å². The normalized spacial score (nSPS) is 11.8. The van der Waals surface area contributed by atoms with Gasteiger partial charge in [0.1, 0.15) is 0 Å². The van der Waals surface area contributed by atoms with Crippen molar-refractivity contribution in [3.8, 4) is 0 Å². The van der Waals surface area contributed by atoms with E-state index in [0.717, 1.165) is 23.3 Å². The number of carbonyl (C=O) groups excluding carboxylic acids is 2. The van der Waals surface area contributed by atoms with Crippen LogP contribution in [-0.2, 0) is 4.79 Å². The zero-order valence-electron chi connectivity index (χ0n) is 15.5. The molecule has 1 atom stereocenters. The van der Waals surface area contributed by atoms with Crippen molar-refractivity contribution in [3.05, 3.63) is 52.2 Å². The third-order valence-electron chi connectivity index (χ3n) is 4.37.